The highest BCUT2D eigenvalue weighted by atomic mass is 79.9. The summed E-state index contributed by atoms with van der Waals surface area (Å²) in [6.45, 7) is 4.54. The van der Waals surface area contributed by atoms with Crippen LogP contribution in [0, 0.1) is 11.6 Å². The standard InChI is InChI=1S/C13H18BrF2NO/c1-4-17-12(8(2)18-3)7-9-11(15)6-5-10(14)13(9)16/h5-6,8,12,17H,4,7H2,1-3H3. The van der Waals surface area contributed by atoms with Crippen LogP contribution in [-0.4, -0.2) is 25.8 Å². The zero-order valence-corrected chi connectivity index (χ0v) is 12.4. The highest BCUT2D eigenvalue weighted by molar-refractivity contribution is 9.10. The van der Waals surface area contributed by atoms with E-state index in [2.05, 4.69) is 21.2 Å². The highest BCUT2D eigenvalue weighted by Gasteiger charge is 2.21. The Kier molecular flexibility index (Phi) is 6.18. The van der Waals surface area contributed by atoms with Crippen LogP contribution in [-0.2, 0) is 11.2 Å². The third-order valence-corrected chi connectivity index (χ3v) is 3.58. The summed E-state index contributed by atoms with van der Waals surface area (Å²) in [6.07, 6.45) is 0.127. The van der Waals surface area contributed by atoms with Crippen molar-refractivity contribution < 1.29 is 13.5 Å². The number of ether oxygens (including phenoxy) is 1. The Hall–Kier alpha value is -0.520. The molecule has 0 aromatic heterocycles. The van der Waals surface area contributed by atoms with Crippen molar-refractivity contribution in [1.82, 2.24) is 5.32 Å². The second-order valence-electron chi connectivity index (χ2n) is 4.13. The quantitative estimate of drug-likeness (QED) is 0.812. The van der Waals surface area contributed by atoms with Gasteiger partial charge in [-0.25, -0.2) is 8.78 Å². The Morgan fingerprint density at radius 2 is 2.06 bits per heavy atom. The molecule has 102 valence electrons. The van der Waals surface area contributed by atoms with Crippen LogP contribution in [0.2, 0.25) is 0 Å². The van der Waals surface area contributed by atoms with E-state index in [0.29, 0.717) is 0 Å². The molecule has 5 heteroatoms. The molecule has 2 nitrogen and oxygen atoms in total. The number of hydrogen-bond acceptors (Lipinski definition) is 2. The zero-order valence-electron chi connectivity index (χ0n) is 10.8. The molecule has 1 aromatic carbocycles. The summed E-state index contributed by atoms with van der Waals surface area (Å²) in [4.78, 5) is 0. The fourth-order valence-electron chi connectivity index (χ4n) is 1.81. The predicted molar refractivity (Wildman–Crippen MR) is 71.7 cm³/mol. The Morgan fingerprint density at radius 3 is 2.61 bits per heavy atom. The van der Waals surface area contributed by atoms with Gasteiger partial charge in [-0.3, -0.25) is 0 Å². The van der Waals surface area contributed by atoms with Crippen molar-refractivity contribution in [2.45, 2.75) is 32.4 Å². The maximum Gasteiger partial charge on any atom is 0.143 e. The number of rotatable bonds is 6. The first kappa shape index (κ1) is 15.5. The van der Waals surface area contributed by atoms with Gasteiger partial charge in [-0.15, -0.1) is 0 Å². The topological polar surface area (TPSA) is 21.3 Å². The van der Waals surface area contributed by atoms with Gasteiger partial charge in [0.15, 0.2) is 0 Å². The molecule has 0 amide bonds. The van der Waals surface area contributed by atoms with Gasteiger partial charge in [0.1, 0.15) is 11.6 Å². The molecule has 1 N–H and O–H groups in total. The summed E-state index contributed by atoms with van der Waals surface area (Å²) < 4.78 is 33.0. The van der Waals surface area contributed by atoms with Gasteiger partial charge in [0, 0.05) is 18.7 Å². The van der Waals surface area contributed by atoms with Crippen LogP contribution in [0.25, 0.3) is 0 Å². The first-order chi connectivity index (χ1) is 8.51. The normalized spacial score (nSPS) is 14.6. The van der Waals surface area contributed by atoms with E-state index in [1.54, 1.807) is 7.11 Å². The highest BCUT2D eigenvalue weighted by Crippen LogP contribution is 2.23. The van der Waals surface area contributed by atoms with E-state index in [4.69, 9.17) is 4.74 Å². The third-order valence-electron chi connectivity index (χ3n) is 2.97. The number of benzene rings is 1. The molecule has 0 heterocycles. The predicted octanol–water partition coefficient (Wildman–Crippen LogP) is 3.28. The maximum absolute atomic E-state index is 13.9. The summed E-state index contributed by atoms with van der Waals surface area (Å²) >= 11 is 3.07. The first-order valence-corrected chi connectivity index (χ1v) is 6.69. The van der Waals surface area contributed by atoms with Gasteiger partial charge in [0.2, 0.25) is 0 Å². The lowest BCUT2D eigenvalue weighted by Crippen LogP contribution is -2.41. The van der Waals surface area contributed by atoms with Gasteiger partial charge >= 0.3 is 0 Å². The second kappa shape index (κ2) is 7.16. The van der Waals surface area contributed by atoms with E-state index in [0.717, 1.165) is 6.54 Å². The molecular formula is C13H18BrF2NO. The van der Waals surface area contributed by atoms with Crippen molar-refractivity contribution >= 4 is 15.9 Å². The lowest BCUT2D eigenvalue weighted by Gasteiger charge is -2.24. The molecule has 0 aliphatic rings. The molecule has 2 unspecified atom stereocenters. The van der Waals surface area contributed by atoms with E-state index in [1.165, 1.54) is 12.1 Å². The lowest BCUT2D eigenvalue weighted by atomic mass is 10.0. The lowest BCUT2D eigenvalue weighted by molar-refractivity contribution is 0.0830. The number of methoxy groups -OCH3 is 1. The van der Waals surface area contributed by atoms with Crippen molar-refractivity contribution in [3.8, 4) is 0 Å². The molecule has 0 bridgehead atoms. The number of halogens is 3. The molecule has 1 aromatic rings. The average molecular weight is 322 g/mol. The van der Waals surface area contributed by atoms with Crippen LogP contribution < -0.4 is 5.32 Å². The van der Waals surface area contributed by atoms with Crippen molar-refractivity contribution in [2.75, 3.05) is 13.7 Å². The van der Waals surface area contributed by atoms with E-state index in [9.17, 15) is 8.78 Å². The first-order valence-electron chi connectivity index (χ1n) is 5.89. The largest absolute Gasteiger partial charge is 0.380 e. The molecule has 0 saturated heterocycles. The average Bonchev–Trinajstić information content (AvgIpc) is 2.37. The van der Waals surface area contributed by atoms with Gasteiger partial charge in [-0.1, -0.05) is 6.92 Å². The molecular weight excluding hydrogens is 304 g/mol. The Labute approximate surface area is 115 Å². The van der Waals surface area contributed by atoms with Crippen molar-refractivity contribution in [1.29, 1.82) is 0 Å². The van der Waals surface area contributed by atoms with Crippen LogP contribution in [0.5, 0.6) is 0 Å². The summed E-state index contributed by atoms with van der Waals surface area (Å²) in [5.74, 6) is -1.07. The SMILES string of the molecule is CCNC(Cc1c(F)ccc(Br)c1F)C(C)OC. The van der Waals surface area contributed by atoms with Gasteiger partial charge in [-0.2, -0.15) is 0 Å². The maximum atomic E-state index is 13.9. The monoisotopic (exact) mass is 321 g/mol. The van der Waals surface area contributed by atoms with E-state index in [-0.39, 0.29) is 28.6 Å². The molecule has 0 radical (unpaired) electrons. The van der Waals surface area contributed by atoms with Gasteiger partial charge in [0.25, 0.3) is 0 Å². The van der Waals surface area contributed by atoms with E-state index >= 15 is 0 Å². The second-order valence-corrected chi connectivity index (χ2v) is 4.99. The summed E-state index contributed by atoms with van der Waals surface area (Å²) in [5.41, 5.74) is 0.0826. The van der Waals surface area contributed by atoms with Crippen LogP contribution in [0.3, 0.4) is 0 Å². The van der Waals surface area contributed by atoms with Gasteiger partial charge < -0.3 is 10.1 Å². The van der Waals surface area contributed by atoms with E-state index in [1.807, 2.05) is 13.8 Å². The minimum absolute atomic E-state index is 0.0826. The summed E-state index contributed by atoms with van der Waals surface area (Å²) in [7, 11) is 1.59. The molecule has 0 fully saturated rings. The molecule has 1 rings (SSSR count). The Morgan fingerprint density at radius 1 is 1.39 bits per heavy atom. The summed E-state index contributed by atoms with van der Waals surface area (Å²) in [5, 5.41) is 3.18. The fraction of sp³-hybridized carbons (Fsp3) is 0.538. The fourth-order valence-corrected chi connectivity index (χ4v) is 2.18. The van der Waals surface area contributed by atoms with Gasteiger partial charge in [0.05, 0.1) is 10.6 Å². The molecule has 0 saturated carbocycles. The summed E-state index contributed by atoms with van der Waals surface area (Å²) in [6, 6.07) is 2.51. The van der Waals surface area contributed by atoms with E-state index < -0.39 is 11.6 Å². The third kappa shape index (κ3) is 3.73. The van der Waals surface area contributed by atoms with Crippen molar-refractivity contribution in [2.24, 2.45) is 0 Å². The molecule has 0 spiro atoms. The minimum atomic E-state index is -0.541. The number of hydrogen-bond donors (Lipinski definition) is 1. The van der Waals surface area contributed by atoms with Crippen LogP contribution in [0.4, 0.5) is 8.78 Å². The van der Waals surface area contributed by atoms with Crippen LogP contribution >= 0.6 is 15.9 Å². The van der Waals surface area contributed by atoms with Crippen molar-refractivity contribution in [3.63, 3.8) is 0 Å². The Balaban J connectivity index is 2.96. The van der Waals surface area contributed by atoms with Crippen molar-refractivity contribution in [3.05, 3.63) is 33.8 Å². The molecule has 2 atom stereocenters. The van der Waals surface area contributed by atoms with Gasteiger partial charge in [-0.05, 0) is 48.0 Å². The number of likely N-dealkylation sites (N-methyl/N-ethyl adjacent to an activating group) is 1. The minimum Gasteiger partial charge on any atom is -0.380 e. The molecule has 0 aliphatic carbocycles. The zero-order chi connectivity index (χ0) is 13.7. The smallest absolute Gasteiger partial charge is 0.143 e. The molecule has 0 aliphatic heterocycles. The molecule has 18 heavy (non-hydrogen) atoms. The number of nitrogens with one attached hydrogen (secondary N) is 1. The van der Waals surface area contributed by atoms with Crippen LogP contribution in [0.15, 0.2) is 16.6 Å². The van der Waals surface area contributed by atoms with Crippen LogP contribution in [0.1, 0.15) is 19.4 Å². The Bertz CT molecular complexity index is 401.